The van der Waals surface area contributed by atoms with E-state index in [0.717, 1.165) is 29.4 Å². The molecule has 0 aromatic rings. The average molecular weight is 935 g/mol. The van der Waals surface area contributed by atoms with Gasteiger partial charge in [0.15, 0.2) is 0 Å². The minimum atomic E-state index is -1.23. The van der Waals surface area contributed by atoms with Crippen molar-refractivity contribution < 1.29 is 161 Å². The van der Waals surface area contributed by atoms with E-state index in [9.17, 15) is 57.5 Å². The van der Waals surface area contributed by atoms with E-state index in [1.807, 2.05) is 0 Å². The largest absolute Gasteiger partial charge is 1.00 e. The Morgan fingerprint density at radius 1 is 0.210 bits per heavy atom. The molecule has 30 nitrogen and oxygen atoms in total. The Labute approximate surface area is 378 Å². The first-order chi connectivity index (χ1) is 27.6. The number of hydrogen-bond acceptors (Lipinski definition) is 18. The van der Waals surface area contributed by atoms with Gasteiger partial charge in [-0.05, 0) is 0 Å². The minimum absolute atomic E-state index is 0. The molecule has 0 saturated carbocycles. The van der Waals surface area contributed by atoms with Crippen molar-refractivity contribution in [1.82, 2.24) is 29.4 Å². The predicted octanol–water partition coefficient (Wildman–Crippen LogP) is -12.2. The predicted molar refractivity (Wildman–Crippen MR) is 190 cm³/mol. The Kier molecular flexibility index (Phi) is 39.7. The van der Waals surface area contributed by atoms with Crippen LogP contribution in [-0.2, 0) is 57.5 Å². The van der Waals surface area contributed by atoms with Crippen LogP contribution in [-0.4, -0.2) is 280 Å². The van der Waals surface area contributed by atoms with Crippen molar-refractivity contribution in [3.8, 4) is 0 Å². The standard InChI is InChI=1S/3C10H16N2O8.ClH.Na/c3*13-7(14)3-11(4-8(15)16)1-2-12(5-9(17)18)6-10(19)20;;/h3*1-6H2,(H,13,14)(H,15,16)(H,17,18)(H,19,20);1H;/q;;;;+1/p-1. The van der Waals surface area contributed by atoms with Gasteiger partial charge >= 0.3 is 101 Å². The van der Waals surface area contributed by atoms with Gasteiger partial charge in [-0.15, -0.1) is 0 Å². The van der Waals surface area contributed by atoms with Crippen LogP contribution in [0.4, 0.5) is 0 Å². The molecule has 32 heteroatoms. The van der Waals surface area contributed by atoms with E-state index in [-0.39, 0.29) is 81.2 Å². The molecule has 0 bridgehead atoms. The van der Waals surface area contributed by atoms with Crippen molar-refractivity contribution in [3.05, 3.63) is 0 Å². The Morgan fingerprint density at radius 3 is 0.323 bits per heavy atom. The number of carboxylic acids is 12. The van der Waals surface area contributed by atoms with Crippen molar-refractivity contribution in [1.29, 1.82) is 0 Å². The number of carbonyl (C=O) groups is 12. The second-order valence-corrected chi connectivity index (χ2v) is 12.0. The van der Waals surface area contributed by atoms with E-state index < -0.39 is 150 Å². The van der Waals surface area contributed by atoms with E-state index in [0.29, 0.717) is 0 Å². The van der Waals surface area contributed by atoms with Gasteiger partial charge in [0, 0.05) is 39.3 Å². The van der Waals surface area contributed by atoms with Gasteiger partial charge in [0.25, 0.3) is 0 Å². The maximum Gasteiger partial charge on any atom is 1.00 e. The molecular weight excluding hydrogens is 887 g/mol. The summed E-state index contributed by atoms with van der Waals surface area (Å²) in [6.45, 7) is -6.75. The topological polar surface area (TPSA) is 467 Å². The molecule has 0 spiro atoms. The van der Waals surface area contributed by atoms with Crippen LogP contribution >= 0.6 is 0 Å². The van der Waals surface area contributed by atoms with Crippen molar-refractivity contribution >= 4 is 71.6 Å². The fourth-order valence-electron chi connectivity index (χ4n) is 4.43. The van der Waals surface area contributed by atoms with Crippen molar-refractivity contribution in [2.75, 3.05) is 118 Å². The fraction of sp³-hybridized carbons (Fsp3) is 0.600. The van der Waals surface area contributed by atoms with Crippen LogP contribution in [0.1, 0.15) is 0 Å². The maximum atomic E-state index is 10.6. The van der Waals surface area contributed by atoms with Crippen molar-refractivity contribution in [2.45, 2.75) is 0 Å². The summed E-state index contributed by atoms with van der Waals surface area (Å²) in [6, 6.07) is 0. The van der Waals surface area contributed by atoms with Gasteiger partial charge in [-0.1, -0.05) is 0 Å². The number of aliphatic carboxylic acids is 12. The van der Waals surface area contributed by atoms with Gasteiger partial charge in [0.05, 0.1) is 78.5 Å². The molecule has 0 fully saturated rings. The monoisotopic (exact) mass is 934 g/mol. The van der Waals surface area contributed by atoms with Gasteiger partial charge in [-0.2, -0.15) is 0 Å². The van der Waals surface area contributed by atoms with Gasteiger partial charge in [-0.3, -0.25) is 86.9 Å². The smallest absolute Gasteiger partial charge is 1.00 e. The van der Waals surface area contributed by atoms with Gasteiger partial charge in [0.1, 0.15) is 0 Å². The van der Waals surface area contributed by atoms with Gasteiger partial charge in [0.2, 0.25) is 0 Å². The Balaban J connectivity index is -0.000000258. The molecule has 0 saturated heterocycles. The molecule has 12 N–H and O–H groups in total. The summed E-state index contributed by atoms with van der Waals surface area (Å²) in [6.07, 6.45) is 0. The first-order valence-corrected chi connectivity index (χ1v) is 16.6. The summed E-state index contributed by atoms with van der Waals surface area (Å²) in [5, 5.41) is 103. The van der Waals surface area contributed by atoms with Gasteiger partial charge in [-0.25, -0.2) is 0 Å². The summed E-state index contributed by atoms with van der Waals surface area (Å²) < 4.78 is 0. The van der Waals surface area contributed by atoms with E-state index in [2.05, 4.69) is 0 Å². The van der Waals surface area contributed by atoms with Crippen LogP contribution in [0, 0.1) is 0 Å². The van der Waals surface area contributed by atoms with E-state index in [4.69, 9.17) is 61.3 Å². The van der Waals surface area contributed by atoms with Crippen molar-refractivity contribution in [3.63, 3.8) is 0 Å². The second-order valence-electron chi connectivity index (χ2n) is 12.0. The summed E-state index contributed by atoms with van der Waals surface area (Å²) in [5.74, 6) is -14.7. The van der Waals surface area contributed by atoms with Crippen LogP contribution < -0.4 is 42.0 Å². The molecular formula is C30H48ClN6NaO24. The quantitative estimate of drug-likeness (QED) is 0.0272. The molecule has 0 aliphatic rings. The molecule has 0 rings (SSSR count). The first-order valence-electron chi connectivity index (χ1n) is 16.6. The molecule has 0 unspecified atom stereocenters. The molecule has 0 heterocycles. The average Bonchev–Trinajstić information content (AvgIpc) is 3.02. The molecule has 0 amide bonds. The minimum Gasteiger partial charge on any atom is -1.00 e. The van der Waals surface area contributed by atoms with E-state index in [1.165, 1.54) is 0 Å². The number of nitrogens with zero attached hydrogens (tertiary/aromatic N) is 6. The molecule has 0 atom stereocenters. The molecule has 0 aliphatic heterocycles. The first kappa shape index (κ1) is 65.8. The summed E-state index contributed by atoms with van der Waals surface area (Å²) >= 11 is 0. The number of rotatable bonds is 33. The summed E-state index contributed by atoms with van der Waals surface area (Å²) in [4.78, 5) is 133. The maximum absolute atomic E-state index is 10.6. The SMILES string of the molecule is O=C(O)CN(CCN(CC(=O)O)CC(=O)O)CC(=O)O.O=C(O)CN(CCN(CC(=O)O)CC(=O)O)CC(=O)O.O=C(O)CN(CCN(CC(=O)O)CC(=O)O)CC(=O)O.[Cl-].[Na+]. The van der Waals surface area contributed by atoms with Crippen LogP contribution in [0.25, 0.3) is 0 Å². The third-order valence-electron chi connectivity index (χ3n) is 6.50. The van der Waals surface area contributed by atoms with Crippen LogP contribution in [0.3, 0.4) is 0 Å². The zero-order valence-electron chi connectivity index (χ0n) is 33.1. The zero-order chi connectivity index (χ0) is 47.1. The molecule has 0 radical (unpaired) electrons. The van der Waals surface area contributed by atoms with Gasteiger partial charge < -0.3 is 73.7 Å². The second kappa shape index (κ2) is 37.5. The third kappa shape index (κ3) is 47.4. The molecule has 62 heavy (non-hydrogen) atoms. The Morgan fingerprint density at radius 2 is 0.274 bits per heavy atom. The fourth-order valence-corrected chi connectivity index (χ4v) is 4.43. The number of carboxylic acid groups (broad SMARTS) is 12. The number of hydrogen-bond donors (Lipinski definition) is 12. The molecule has 350 valence electrons. The molecule has 0 aromatic carbocycles. The van der Waals surface area contributed by atoms with Crippen LogP contribution in [0.5, 0.6) is 0 Å². The van der Waals surface area contributed by atoms with E-state index in [1.54, 1.807) is 0 Å². The Hall–Kier alpha value is -5.31. The summed E-state index contributed by atoms with van der Waals surface area (Å²) in [7, 11) is 0. The van der Waals surface area contributed by atoms with Crippen molar-refractivity contribution in [2.24, 2.45) is 0 Å². The molecule has 0 aliphatic carbocycles. The summed E-state index contributed by atoms with van der Waals surface area (Å²) in [5.41, 5.74) is 0. The van der Waals surface area contributed by atoms with E-state index >= 15 is 0 Å². The third-order valence-corrected chi connectivity index (χ3v) is 6.50. The zero-order valence-corrected chi connectivity index (χ0v) is 35.8. The molecule has 0 aromatic heterocycles. The normalized spacial score (nSPS) is 10.4. The number of halogens is 1. The van der Waals surface area contributed by atoms with Crippen LogP contribution in [0.2, 0.25) is 0 Å². The van der Waals surface area contributed by atoms with Crippen LogP contribution in [0.15, 0.2) is 0 Å². The Bertz CT molecular complexity index is 1130.